The molecule has 0 amide bonds. The highest BCUT2D eigenvalue weighted by atomic mass is 16.7. The Morgan fingerprint density at radius 2 is 2.08 bits per heavy atom. The van der Waals surface area contributed by atoms with Gasteiger partial charge < -0.3 is 9.47 Å². The highest BCUT2D eigenvalue weighted by molar-refractivity contribution is 5.31. The minimum Gasteiger partial charge on any atom is -0.467 e. The number of aryl methyl sites for hydroxylation is 1. The Labute approximate surface area is 73.1 Å². The fourth-order valence-corrected chi connectivity index (χ4v) is 0.882. The van der Waals surface area contributed by atoms with E-state index in [-0.39, 0.29) is 6.79 Å². The van der Waals surface area contributed by atoms with Gasteiger partial charge in [0.2, 0.25) is 0 Å². The Balaban J connectivity index is 2.46. The molecular formula is C10H13O2. The first kappa shape index (κ1) is 9.07. The van der Waals surface area contributed by atoms with E-state index in [1.165, 1.54) is 0 Å². The molecule has 0 saturated heterocycles. The van der Waals surface area contributed by atoms with Crippen molar-refractivity contribution in [2.24, 2.45) is 0 Å². The van der Waals surface area contributed by atoms with Gasteiger partial charge in [0.25, 0.3) is 0 Å². The highest BCUT2D eigenvalue weighted by Gasteiger charge is 1.95. The van der Waals surface area contributed by atoms with Gasteiger partial charge in [-0.2, -0.15) is 0 Å². The molecule has 0 aromatic heterocycles. The van der Waals surface area contributed by atoms with Crippen LogP contribution < -0.4 is 4.74 Å². The molecule has 0 aliphatic rings. The molecule has 1 radical (unpaired) electrons. The maximum atomic E-state index is 5.31. The van der Waals surface area contributed by atoms with Gasteiger partial charge in [-0.15, -0.1) is 0 Å². The number of para-hydroxylation sites is 1. The molecule has 0 aliphatic heterocycles. The molecule has 0 fully saturated rings. The number of hydrogen-bond donors (Lipinski definition) is 0. The molecule has 0 saturated carbocycles. The molecule has 0 N–H and O–H groups in total. The van der Waals surface area contributed by atoms with Crippen molar-refractivity contribution in [3.05, 3.63) is 36.8 Å². The Hall–Kier alpha value is -1.02. The summed E-state index contributed by atoms with van der Waals surface area (Å²) in [6.45, 7) is 6.25. The van der Waals surface area contributed by atoms with Gasteiger partial charge in [0.15, 0.2) is 6.79 Å². The van der Waals surface area contributed by atoms with Crippen LogP contribution in [0.25, 0.3) is 0 Å². The lowest BCUT2D eigenvalue weighted by molar-refractivity contribution is 0.0294. The van der Waals surface area contributed by atoms with Gasteiger partial charge in [-0.05, 0) is 25.5 Å². The van der Waals surface area contributed by atoms with E-state index in [4.69, 9.17) is 9.47 Å². The zero-order valence-corrected chi connectivity index (χ0v) is 7.25. The molecule has 65 valence electrons. The van der Waals surface area contributed by atoms with Crippen molar-refractivity contribution in [2.75, 3.05) is 13.4 Å². The predicted molar refractivity (Wildman–Crippen MR) is 48.0 cm³/mol. The van der Waals surface area contributed by atoms with Crippen molar-refractivity contribution >= 4 is 0 Å². The number of hydrogen-bond acceptors (Lipinski definition) is 2. The third-order valence-corrected chi connectivity index (χ3v) is 1.54. The SMILES string of the molecule is [CH2]COCOc1ccccc1C. The van der Waals surface area contributed by atoms with Crippen molar-refractivity contribution in [1.29, 1.82) is 0 Å². The molecule has 12 heavy (non-hydrogen) atoms. The fraction of sp³-hybridized carbons (Fsp3) is 0.300. The smallest absolute Gasteiger partial charge is 0.189 e. The van der Waals surface area contributed by atoms with Crippen LogP contribution in [-0.2, 0) is 4.74 Å². The number of benzene rings is 1. The van der Waals surface area contributed by atoms with Crippen LogP contribution in [0.3, 0.4) is 0 Å². The standard InChI is InChI=1S/C10H13O2/c1-3-11-8-12-10-7-5-4-6-9(10)2/h4-7H,1,3,8H2,2H3. The molecule has 0 spiro atoms. The summed E-state index contributed by atoms with van der Waals surface area (Å²) in [5.41, 5.74) is 1.12. The third kappa shape index (κ3) is 2.55. The fourth-order valence-electron chi connectivity index (χ4n) is 0.882. The molecule has 0 unspecified atom stereocenters. The van der Waals surface area contributed by atoms with Crippen molar-refractivity contribution in [2.45, 2.75) is 6.92 Å². The second kappa shape index (κ2) is 4.78. The zero-order valence-electron chi connectivity index (χ0n) is 7.25. The summed E-state index contributed by atoms with van der Waals surface area (Å²) in [5.74, 6) is 0.867. The summed E-state index contributed by atoms with van der Waals surface area (Å²) in [6, 6.07) is 7.83. The van der Waals surface area contributed by atoms with Gasteiger partial charge in [0.1, 0.15) is 5.75 Å². The van der Waals surface area contributed by atoms with E-state index in [2.05, 4.69) is 6.92 Å². The van der Waals surface area contributed by atoms with Crippen LogP contribution in [0.15, 0.2) is 24.3 Å². The van der Waals surface area contributed by atoms with Gasteiger partial charge in [0, 0.05) is 0 Å². The second-order valence-electron chi connectivity index (χ2n) is 2.44. The molecule has 0 atom stereocenters. The molecule has 0 bridgehead atoms. The van der Waals surface area contributed by atoms with Gasteiger partial charge in [-0.1, -0.05) is 18.2 Å². The normalized spacial score (nSPS) is 9.83. The van der Waals surface area contributed by atoms with E-state index in [1.54, 1.807) is 0 Å². The monoisotopic (exact) mass is 165 g/mol. The summed E-state index contributed by atoms with van der Waals surface area (Å²) >= 11 is 0. The molecule has 1 rings (SSSR count). The van der Waals surface area contributed by atoms with Crippen LogP contribution in [0.5, 0.6) is 5.75 Å². The van der Waals surface area contributed by atoms with Crippen molar-refractivity contribution < 1.29 is 9.47 Å². The molecular weight excluding hydrogens is 152 g/mol. The minimum atomic E-state index is 0.272. The molecule has 1 aromatic carbocycles. The molecule has 0 heterocycles. The van der Waals surface area contributed by atoms with Crippen LogP contribution in [0.2, 0.25) is 0 Å². The maximum Gasteiger partial charge on any atom is 0.189 e. The summed E-state index contributed by atoms with van der Waals surface area (Å²) in [4.78, 5) is 0. The predicted octanol–water partition coefficient (Wildman–Crippen LogP) is 2.18. The Kier molecular flexibility index (Phi) is 3.61. The van der Waals surface area contributed by atoms with E-state index in [9.17, 15) is 0 Å². The first-order valence-electron chi connectivity index (χ1n) is 3.90. The summed E-state index contributed by atoms with van der Waals surface area (Å²) in [6.07, 6.45) is 0. The van der Waals surface area contributed by atoms with Gasteiger partial charge in [-0.3, -0.25) is 0 Å². The van der Waals surface area contributed by atoms with E-state index < -0.39 is 0 Å². The molecule has 1 aromatic rings. The quantitative estimate of drug-likeness (QED) is 0.503. The van der Waals surface area contributed by atoms with Crippen LogP contribution in [0, 0.1) is 13.8 Å². The lowest BCUT2D eigenvalue weighted by Gasteiger charge is -2.07. The van der Waals surface area contributed by atoms with Crippen LogP contribution in [-0.4, -0.2) is 13.4 Å². The third-order valence-electron chi connectivity index (χ3n) is 1.54. The summed E-state index contributed by atoms with van der Waals surface area (Å²) < 4.78 is 10.3. The van der Waals surface area contributed by atoms with Crippen LogP contribution in [0.1, 0.15) is 5.56 Å². The Morgan fingerprint density at radius 3 is 2.75 bits per heavy atom. The average molecular weight is 165 g/mol. The van der Waals surface area contributed by atoms with Crippen molar-refractivity contribution in [3.8, 4) is 5.75 Å². The Morgan fingerprint density at radius 1 is 1.33 bits per heavy atom. The number of rotatable bonds is 4. The highest BCUT2D eigenvalue weighted by Crippen LogP contribution is 2.15. The lowest BCUT2D eigenvalue weighted by Crippen LogP contribution is -2.02. The first-order valence-corrected chi connectivity index (χ1v) is 3.90. The zero-order chi connectivity index (χ0) is 8.81. The molecule has 0 aliphatic carbocycles. The van der Waals surface area contributed by atoms with Gasteiger partial charge in [-0.25, -0.2) is 0 Å². The number of ether oxygens (including phenoxy) is 2. The second-order valence-corrected chi connectivity index (χ2v) is 2.44. The van der Waals surface area contributed by atoms with Crippen LogP contribution >= 0.6 is 0 Å². The lowest BCUT2D eigenvalue weighted by atomic mass is 10.2. The van der Waals surface area contributed by atoms with Gasteiger partial charge >= 0.3 is 0 Å². The Bertz CT molecular complexity index is 233. The maximum absolute atomic E-state index is 5.31. The van der Waals surface area contributed by atoms with E-state index in [0.717, 1.165) is 11.3 Å². The summed E-state index contributed by atoms with van der Waals surface area (Å²) in [5, 5.41) is 0. The van der Waals surface area contributed by atoms with Gasteiger partial charge in [0.05, 0.1) is 6.61 Å². The van der Waals surface area contributed by atoms with Crippen LogP contribution in [0.4, 0.5) is 0 Å². The van der Waals surface area contributed by atoms with Crippen molar-refractivity contribution in [1.82, 2.24) is 0 Å². The summed E-state index contributed by atoms with van der Waals surface area (Å²) in [7, 11) is 0. The van der Waals surface area contributed by atoms with E-state index in [1.807, 2.05) is 31.2 Å². The first-order chi connectivity index (χ1) is 5.84. The molecule has 2 heteroatoms. The van der Waals surface area contributed by atoms with Crippen molar-refractivity contribution in [3.63, 3.8) is 0 Å². The average Bonchev–Trinajstić information content (AvgIpc) is 2.09. The minimum absolute atomic E-state index is 0.272. The topological polar surface area (TPSA) is 18.5 Å². The largest absolute Gasteiger partial charge is 0.467 e. The van der Waals surface area contributed by atoms with E-state index in [0.29, 0.717) is 6.61 Å². The van der Waals surface area contributed by atoms with E-state index >= 15 is 0 Å². The molecule has 2 nitrogen and oxygen atoms in total.